The van der Waals surface area contributed by atoms with Crippen LogP contribution in [0.4, 0.5) is 0 Å². The molecular formula is C20H22N4O3S. The second-order valence-corrected chi connectivity index (χ2v) is 8.84. The Balaban J connectivity index is 1.50. The average Bonchev–Trinajstić information content (AvgIpc) is 2.74. The summed E-state index contributed by atoms with van der Waals surface area (Å²) in [6.45, 7) is 3.93. The van der Waals surface area contributed by atoms with E-state index in [-0.39, 0.29) is 11.6 Å². The third-order valence-corrected chi connectivity index (χ3v) is 7.14. The van der Waals surface area contributed by atoms with E-state index in [4.69, 9.17) is 0 Å². The van der Waals surface area contributed by atoms with E-state index in [1.807, 2.05) is 25.1 Å². The molecule has 1 aromatic heterocycles. The maximum absolute atomic E-state index is 12.8. The summed E-state index contributed by atoms with van der Waals surface area (Å²) in [4.78, 5) is 22.3. The molecule has 146 valence electrons. The fourth-order valence-electron chi connectivity index (χ4n) is 3.55. The first-order valence-electron chi connectivity index (χ1n) is 9.25. The Labute approximate surface area is 163 Å². The number of benzene rings is 2. The minimum Gasteiger partial charge on any atom is -0.309 e. The maximum atomic E-state index is 12.8. The summed E-state index contributed by atoms with van der Waals surface area (Å²) in [5.74, 6) is 0.600. The normalized spacial score (nSPS) is 17.6. The van der Waals surface area contributed by atoms with Crippen LogP contribution in [0.1, 0.15) is 18.8 Å². The van der Waals surface area contributed by atoms with Gasteiger partial charge in [-0.25, -0.2) is 13.4 Å². The van der Waals surface area contributed by atoms with Crippen LogP contribution in [0.25, 0.3) is 10.9 Å². The predicted octanol–water partition coefficient (Wildman–Crippen LogP) is 1.99. The van der Waals surface area contributed by atoms with Crippen LogP contribution in [-0.2, 0) is 10.0 Å². The molecule has 2 aromatic carbocycles. The van der Waals surface area contributed by atoms with Gasteiger partial charge in [0.1, 0.15) is 5.82 Å². The summed E-state index contributed by atoms with van der Waals surface area (Å²) in [5.41, 5.74) is 0.510. The third-order valence-electron chi connectivity index (χ3n) is 5.23. The molecule has 2 heterocycles. The van der Waals surface area contributed by atoms with Gasteiger partial charge in [-0.05, 0) is 31.2 Å². The molecule has 1 fully saturated rings. The number of aromatic nitrogens is 2. The number of nitrogens with one attached hydrogen (secondary N) is 1. The van der Waals surface area contributed by atoms with Gasteiger partial charge in [0, 0.05) is 26.2 Å². The van der Waals surface area contributed by atoms with Crippen molar-refractivity contribution in [1.82, 2.24) is 19.2 Å². The Morgan fingerprint density at radius 2 is 1.61 bits per heavy atom. The van der Waals surface area contributed by atoms with Crippen LogP contribution in [0, 0.1) is 0 Å². The molecule has 0 aliphatic carbocycles. The summed E-state index contributed by atoms with van der Waals surface area (Å²) in [6, 6.07) is 15.6. The molecule has 1 aliphatic rings. The van der Waals surface area contributed by atoms with E-state index >= 15 is 0 Å². The average molecular weight is 398 g/mol. The van der Waals surface area contributed by atoms with E-state index in [1.165, 1.54) is 4.31 Å². The number of hydrogen-bond acceptors (Lipinski definition) is 5. The van der Waals surface area contributed by atoms with Gasteiger partial charge >= 0.3 is 0 Å². The molecule has 8 heteroatoms. The lowest BCUT2D eigenvalue weighted by Gasteiger charge is -2.36. The molecule has 28 heavy (non-hydrogen) atoms. The Morgan fingerprint density at radius 3 is 2.32 bits per heavy atom. The number of fused-ring (bicyclic) bond motifs is 1. The fraction of sp³-hybridized carbons (Fsp3) is 0.300. The summed E-state index contributed by atoms with van der Waals surface area (Å²) in [6.07, 6.45) is 0. The lowest BCUT2D eigenvalue weighted by molar-refractivity contribution is 0.141. The van der Waals surface area contributed by atoms with Crippen molar-refractivity contribution in [3.05, 3.63) is 70.8 Å². The Kier molecular flexibility index (Phi) is 5.01. The van der Waals surface area contributed by atoms with Crippen LogP contribution < -0.4 is 5.56 Å². The second-order valence-electron chi connectivity index (χ2n) is 6.90. The van der Waals surface area contributed by atoms with E-state index in [1.54, 1.807) is 36.4 Å². The molecule has 0 saturated carbocycles. The molecule has 1 atom stereocenters. The smallest absolute Gasteiger partial charge is 0.258 e. The van der Waals surface area contributed by atoms with Crippen molar-refractivity contribution in [3.8, 4) is 0 Å². The number of rotatable bonds is 4. The largest absolute Gasteiger partial charge is 0.309 e. The zero-order valence-electron chi connectivity index (χ0n) is 15.6. The SMILES string of the molecule is C[C@@H](c1nc2ccccc2c(=O)[nH]1)N1CCN(S(=O)(=O)c2ccccc2)CC1. The first-order valence-corrected chi connectivity index (χ1v) is 10.7. The van der Waals surface area contributed by atoms with Gasteiger partial charge < -0.3 is 4.98 Å². The highest BCUT2D eigenvalue weighted by atomic mass is 32.2. The summed E-state index contributed by atoms with van der Waals surface area (Å²) < 4.78 is 27.1. The molecule has 1 aliphatic heterocycles. The summed E-state index contributed by atoms with van der Waals surface area (Å²) >= 11 is 0. The first kappa shape index (κ1) is 18.8. The van der Waals surface area contributed by atoms with Gasteiger partial charge in [0.05, 0.1) is 21.8 Å². The van der Waals surface area contributed by atoms with Gasteiger partial charge in [-0.3, -0.25) is 9.69 Å². The number of aromatic amines is 1. The summed E-state index contributed by atoms with van der Waals surface area (Å²) in [7, 11) is -3.48. The quantitative estimate of drug-likeness (QED) is 0.726. The van der Waals surface area contributed by atoms with Crippen molar-refractivity contribution in [2.24, 2.45) is 0 Å². The highest BCUT2D eigenvalue weighted by Crippen LogP contribution is 2.22. The van der Waals surface area contributed by atoms with Gasteiger partial charge in [-0.2, -0.15) is 4.31 Å². The highest BCUT2D eigenvalue weighted by molar-refractivity contribution is 7.89. The lowest BCUT2D eigenvalue weighted by Crippen LogP contribution is -2.49. The highest BCUT2D eigenvalue weighted by Gasteiger charge is 2.30. The van der Waals surface area contributed by atoms with Crippen molar-refractivity contribution in [1.29, 1.82) is 0 Å². The minimum absolute atomic E-state index is 0.112. The topological polar surface area (TPSA) is 86.4 Å². The van der Waals surface area contributed by atoms with Crippen LogP contribution in [0.5, 0.6) is 0 Å². The maximum Gasteiger partial charge on any atom is 0.258 e. The molecule has 0 radical (unpaired) electrons. The van der Waals surface area contributed by atoms with Crippen LogP contribution in [-0.4, -0.2) is 53.8 Å². The molecule has 7 nitrogen and oxygen atoms in total. The van der Waals surface area contributed by atoms with Gasteiger partial charge in [0.15, 0.2) is 0 Å². The number of hydrogen-bond donors (Lipinski definition) is 1. The standard InChI is InChI=1S/C20H22N4O3S/c1-15(19-21-18-10-6-5-9-17(18)20(25)22-19)23-11-13-24(14-12-23)28(26,27)16-7-3-2-4-8-16/h2-10,15H,11-14H2,1H3,(H,21,22,25)/t15-/m0/s1. The van der Waals surface area contributed by atoms with Crippen molar-refractivity contribution in [2.75, 3.05) is 26.2 Å². The van der Waals surface area contributed by atoms with Crippen LogP contribution in [0.3, 0.4) is 0 Å². The molecule has 0 bridgehead atoms. The number of nitrogens with zero attached hydrogens (tertiary/aromatic N) is 3. The van der Waals surface area contributed by atoms with E-state index in [9.17, 15) is 13.2 Å². The minimum atomic E-state index is -3.48. The van der Waals surface area contributed by atoms with Gasteiger partial charge in [-0.1, -0.05) is 30.3 Å². The Hall–Kier alpha value is -2.55. The monoisotopic (exact) mass is 398 g/mol. The van der Waals surface area contributed by atoms with Crippen molar-refractivity contribution >= 4 is 20.9 Å². The van der Waals surface area contributed by atoms with Crippen LogP contribution in [0.2, 0.25) is 0 Å². The molecule has 1 saturated heterocycles. The van der Waals surface area contributed by atoms with Gasteiger partial charge in [0.25, 0.3) is 5.56 Å². The Morgan fingerprint density at radius 1 is 0.964 bits per heavy atom. The van der Waals surface area contributed by atoms with Crippen LogP contribution >= 0.6 is 0 Å². The van der Waals surface area contributed by atoms with Crippen molar-refractivity contribution < 1.29 is 8.42 Å². The number of para-hydroxylation sites is 1. The molecule has 1 N–H and O–H groups in total. The predicted molar refractivity (Wildman–Crippen MR) is 108 cm³/mol. The van der Waals surface area contributed by atoms with E-state index in [0.717, 1.165) is 0 Å². The van der Waals surface area contributed by atoms with Crippen molar-refractivity contribution in [3.63, 3.8) is 0 Å². The van der Waals surface area contributed by atoms with E-state index in [0.29, 0.717) is 47.8 Å². The van der Waals surface area contributed by atoms with Gasteiger partial charge in [0.2, 0.25) is 10.0 Å². The van der Waals surface area contributed by atoms with E-state index in [2.05, 4.69) is 14.9 Å². The number of H-pyrrole nitrogens is 1. The van der Waals surface area contributed by atoms with Crippen molar-refractivity contribution in [2.45, 2.75) is 17.9 Å². The first-order chi connectivity index (χ1) is 13.5. The zero-order valence-corrected chi connectivity index (χ0v) is 16.4. The van der Waals surface area contributed by atoms with Gasteiger partial charge in [-0.15, -0.1) is 0 Å². The zero-order chi connectivity index (χ0) is 19.7. The molecular weight excluding hydrogens is 376 g/mol. The Bertz CT molecular complexity index is 1140. The van der Waals surface area contributed by atoms with E-state index < -0.39 is 10.0 Å². The lowest BCUT2D eigenvalue weighted by atomic mass is 10.2. The molecule has 0 unspecified atom stereocenters. The fourth-order valence-corrected chi connectivity index (χ4v) is 4.99. The molecule has 4 rings (SSSR count). The molecule has 0 spiro atoms. The second kappa shape index (κ2) is 7.46. The third kappa shape index (κ3) is 3.46. The number of sulfonamides is 1. The molecule has 0 amide bonds. The summed E-state index contributed by atoms with van der Waals surface area (Å²) in [5, 5.41) is 0.567. The number of piperazine rings is 1. The molecule has 3 aromatic rings. The van der Waals surface area contributed by atoms with Crippen LogP contribution in [0.15, 0.2) is 64.3 Å².